The number of hydrogen-bond donors (Lipinski definition) is 1. The van der Waals surface area contributed by atoms with Gasteiger partial charge in [-0.2, -0.15) is 9.78 Å². The minimum absolute atomic E-state index is 0.133. The van der Waals surface area contributed by atoms with E-state index in [9.17, 15) is 9.59 Å². The Bertz CT molecular complexity index is 1100. The molecule has 5 nitrogen and oxygen atoms in total. The molecule has 3 rings (SSSR count). The van der Waals surface area contributed by atoms with Gasteiger partial charge in [0.05, 0.1) is 10.9 Å². The van der Waals surface area contributed by atoms with Crippen molar-refractivity contribution in [3.63, 3.8) is 0 Å². The molecule has 0 bridgehead atoms. The van der Waals surface area contributed by atoms with E-state index in [1.807, 2.05) is 43.5 Å². The van der Waals surface area contributed by atoms with Crippen molar-refractivity contribution in [2.24, 2.45) is 0 Å². The van der Waals surface area contributed by atoms with Crippen LogP contribution in [0.2, 0.25) is 5.02 Å². The number of aryl methyl sites for hydroxylation is 1. The number of carbonyl (C=O) groups is 1. The molecule has 3 aromatic rings. The molecular formula is C21H20ClN3O2S2. The minimum atomic E-state index is -0.395. The van der Waals surface area contributed by atoms with E-state index in [2.05, 4.69) is 10.4 Å². The van der Waals surface area contributed by atoms with E-state index in [0.29, 0.717) is 15.7 Å². The lowest BCUT2D eigenvalue weighted by Gasteiger charge is -2.13. The second-order valence-corrected chi connectivity index (χ2v) is 8.98. The topological polar surface area (TPSA) is 64.0 Å². The number of halogens is 1. The van der Waals surface area contributed by atoms with Crippen LogP contribution in [0.1, 0.15) is 12.5 Å². The Hall–Kier alpha value is -2.22. The Morgan fingerprint density at radius 3 is 2.69 bits per heavy atom. The molecule has 0 aliphatic rings. The van der Waals surface area contributed by atoms with Crippen molar-refractivity contribution in [1.29, 1.82) is 0 Å². The molecule has 0 spiro atoms. The fourth-order valence-corrected chi connectivity index (χ4v) is 3.97. The lowest BCUT2D eigenvalue weighted by atomic mass is 10.2. The van der Waals surface area contributed by atoms with E-state index in [-0.39, 0.29) is 11.5 Å². The molecule has 0 fully saturated rings. The van der Waals surface area contributed by atoms with Gasteiger partial charge < -0.3 is 5.32 Å². The molecule has 0 saturated carbocycles. The average Bonchev–Trinajstić information content (AvgIpc) is 2.71. The molecule has 1 atom stereocenters. The van der Waals surface area contributed by atoms with Crippen molar-refractivity contribution in [2.75, 3.05) is 11.6 Å². The Balaban J connectivity index is 1.76. The highest BCUT2D eigenvalue weighted by Gasteiger charge is 2.16. The summed E-state index contributed by atoms with van der Waals surface area (Å²) < 4.78 is 1.29. The Morgan fingerprint density at radius 2 is 1.97 bits per heavy atom. The molecule has 0 aliphatic carbocycles. The second kappa shape index (κ2) is 9.52. The van der Waals surface area contributed by atoms with Crippen molar-refractivity contribution in [2.45, 2.75) is 29.0 Å². The van der Waals surface area contributed by atoms with E-state index >= 15 is 0 Å². The predicted octanol–water partition coefficient (Wildman–Crippen LogP) is 5.04. The van der Waals surface area contributed by atoms with Crippen LogP contribution in [-0.2, 0) is 4.79 Å². The van der Waals surface area contributed by atoms with Gasteiger partial charge in [0.1, 0.15) is 5.03 Å². The van der Waals surface area contributed by atoms with Crippen molar-refractivity contribution < 1.29 is 4.79 Å². The number of aromatic nitrogens is 2. The molecular weight excluding hydrogens is 426 g/mol. The molecule has 1 amide bonds. The maximum absolute atomic E-state index is 12.6. The third kappa shape index (κ3) is 5.44. The lowest BCUT2D eigenvalue weighted by Crippen LogP contribution is -2.24. The number of nitrogens with zero attached hydrogens (tertiary/aromatic N) is 2. The van der Waals surface area contributed by atoms with Gasteiger partial charge in [-0.25, -0.2) is 0 Å². The number of rotatable bonds is 6. The molecule has 1 N–H and O–H groups in total. The van der Waals surface area contributed by atoms with Crippen LogP contribution in [0.4, 0.5) is 5.69 Å². The summed E-state index contributed by atoms with van der Waals surface area (Å²) in [5.41, 5.74) is 1.99. The van der Waals surface area contributed by atoms with E-state index in [1.165, 1.54) is 22.5 Å². The summed E-state index contributed by atoms with van der Waals surface area (Å²) >= 11 is 9.08. The monoisotopic (exact) mass is 445 g/mol. The molecule has 150 valence electrons. The smallest absolute Gasteiger partial charge is 0.271 e. The normalized spacial score (nSPS) is 11.9. The van der Waals surface area contributed by atoms with Crippen LogP contribution in [0.3, 0.4) is 0 Å². The number of benzene rings is 2. The molecule has 0 radical (unpaired) electrons. The summed E-state index contributed by atoms with van der Waals surface area (Å²) in [5, 5.41) is 8.06. The van der Waals surface area contributed by atoms with Gasteiger partial charge in [0.15, 0.2) is 0 Å². The summed E-state index contributed by atoms with van der Waals surface area (Å²) in [6.45, 7) is 3.70. The molecule has 1 heterocycles. The van der Waals surface area contributed by atoms with Crippen LogP contribution in [0, 0.1) is 6.92 Å². The molecule has 1 aromatic heterocycles. The largest absolute Gasteiger partial charge is 0.325 e. The molecule has 0 saturated heterocycles. The first-order valence-corrected chi connectivity index (χ1v) is 11.3. The van der Waals surface area contributed by atoms with E-state index in [4.69, 9.17) is 11.6 Å². The molecule has 2 aromatic carbocycles. The zero-order valence-corrected chi connectivity index (χ0v) is 18.6. The Morgan fingerprint density at radius 1 is 1.17 bits per heavy atom. The SMILES string of the molecule is CSc1cccc(NC(=O)[C@H](C)Sc2ccc(=O)n(-c3ccc(C)c(Cl)c3)n2)c1. The van der Waals surface area contributed by atoms with Crippen molar-refractivity contribution in [1.82, 2.24) is 9.78 Å². The summed E-state index contributed by atoms with van der Waals surface area (Å²) in [6, 6.07) is 16.1. The summed E-state index contributed by atoms with van der Waals surface area (Å²) in [6.07, 6.45) is 1.99. The van der Waals surface area contributed by atoms with E-state index in [0.717, 1.165) is 16.1 Å². The first-order chi connectivity index (χ1) is 13.9. The highest BCUT2D eigenvalue weighted by Crippen LogP contribution is 2.24. The van der Waals surface area contributed by atoms with Crippen LogP contribution >= 0.6 is 35.1 Å². The number of carbonyl (C=O) groups excluding carboxylic acids is 1. The Kier molecular flexibility index (Phi) is 7.05. The van der Waals surface area contributed by atoms with Gasteiger partial charge in [0.25, 0.3) is 5.56 Å². The van der Waals surface area contributed by atoms with E-state index in [1.54, 1.807) is 36.9 Å². The Labute approximate surface area is 182 Å². The zero-order chi connectivity index (χ0) is 21.0. The first kappa shape index (κ1) is 21.5. The molecule has 8 heteroatoms. The average molecular weight is 446 g/mol. The van der Waals surface area contributed by atoms with Gasteiger partial charge in [0, 0.05) is 21.7 Å². The minimum Gasteiger partial charge on any atom is -0.325 e. The predicted molar refractivity (Wildman–Crippen MR) is 122 cm³/mol. The second-order valence-electron chi connectivity index (χ2n) is 6.34. The van der Waals surface area contributed by atoms with Crippen LogP contribution in [0.25, 0.3) is 5.69 Å². The fraction of sp³-hybridized carbons (Fsp3) is 0.190. The van der Waals surface area contributed by atoms with Gasteiger partial charge in [0.2, 0.25) is 5.91 Å². The van der Waals surface area contributed by atoms with Gasteiger partial charge >= 0.3 is 0 Å². The molecule has 0 unspecified atom stereocenters. The zero-order valence-electron chi connectivity index (χ0n) is 16.2. The van der Waals surface area contributed by atoms with Crippen LogP contribution in [0.5, 0.6) is 0 Å². The number of anilines is 1. The third-order valence-electron chi connectivity index (χ3n) is 4.18. The first-order valence-electron chi connectivity index (χ1n) is 8.86. The maximum Gasteiger partial charge on any atom is 0.271 e. The summed E-state index contributed by atoms with van der Waals surface area (Å²) in [7, 11) is 0. The van der Waals surface area contributed by atoms with E-state index < -0.39 is 5.25 Å². The molecule has 29 heavy (non-hydrogen) atoms. The summed E-state index contributed by atoms with van der Waals surface area (Å²) in [5.74, 6) is -0.133. The van der Waals surface area contributed by atoms with Gasteiger partial charge in [-0.1, -0.05) is 35.5 Å². The fourth-order valence-electron chi connectivity index (χ4n) is 2.54. The third-order valence-corrected chi connectivity index (χ3v) is 6.34. The number of hydrogen-bond acceptors (Lipinski definition) is 5. The van der Waals surface area contributed by atoms with Crippen molar-refractivity contribution in [3.8, 4) is 5.69 Å². The number of amides is 1. The van der Waals surface area contributed by atoms with Crippen LogP contribution in [-0.4, -0.2) is 27.2 Å². The van der Waals surface area contributed by atoms with Crippen molar-refractivity contribution in [3.05, 3.63) is 75.5 Å². The quantitative estimate of drug-likeness (QED) is 0.539. The highest BCUT2D eigenvalue weighted by molar-refractivity contribution is 8.00. The number of nitrogens with one attached hydrogen (secondary N) is 1. The number of thioether (sulfide) groups is 2. The van der Waals surface area contributed by atoms with Gasteiger partial charge in [-0.15, -0.1) is 11.8 Å². The van der Waals surface area contributed by atoms with Crippen LogP contribution in [0.15, 0.2) is 69.3 Å². The standard InChI is InChI=1S/C21H20ClN3O2S2/c1-13-7-8-16(12-18(13)22)25-20(26)10-9-19(24-25)29-14(2)21(27)23-15-5-4-6-17(11-15)28-3/h4-12,14H,1-3H3,(H,23,27)/t14-/m0/s1. The lowest BCUT2D eigenvalue weighted by molar-refractivity contribution is -0.115. The summed E-state index contributed by atoms with van der Waals surface area (Å²) in [4.78, 5) is 25.9. The van der Waals surface area contributed by atoms with Crippen LogP contribution < -0.4 is 10.9 Å². The van der Waals surface area contributed by atoms with Gasteiger partial charge in [-0.3, -0.25) is 9.59 Å². The molecule has 0 aliphatic heterocycles. The van der Waals surface area contributed by atoms with Crippen molar-refractivity contribution >= 4 is 46.7 Å². The van der Waals surface area contributed by atoms with Gasteiger partial charge in [-0.05, 0) is 62.1 Å². The highest BCUT2D eigenvalue weighted by atomic mass is 35.5. The maximum atomic E-state index is 12.6.